The average Bonchev–Trinajstić information content (AvgIpc) is 2.91. The van der Waals surface area contributed by atoms with Gasteiger partial charge in [0.05, 0.1) is 17.0 Å². The Morgan fingerprint density at radius 3 is 2.56 bits per heavy atom. The highest BCUT2D eigenvalue weighted by molar-refractivity contribution is 8.18. The monoisotopic (exact) mass is 397 g/mol. The normalized spacial score (nSPS) is 15.9. The summed E-state index contributed by atoms with van der Waals surface area (Å²) in [5, 5.41) is 0.936. The molecule has 0 aliphatic carbocycles. The van der Waals surface area contributed by atoms with Crippen LogP contribution in [0.2, 0.25) is 5.02 Å². The van der Waals surface area contributed by atoms with Crippen molar-refractivity contribution in [2.45, 2.75) is 6.54 Å². The second kappa shape index (κ2) is 7.06. The summed E-state index contributed by atoms with van der Waals surface area (Å²) in [7, 11) is 0. The first-order valence-corrected chi connectivity index (χ1v) is 9.23. The van der Waals surface area contributed by atoms with Gasteiger partial charge in [0.15, 0.2) is 0 Å². The third kappa shape index (κ3) is 3.54. The van der Waals surface area contributed by atoms with E-state index < -0.39 is 11.5 Å². The number of thioether (sulfide) groups is 1. The molecule has 1 saturated heterocycles. The first kappa shape index (κ1) is 17.6. The van der Waals surface area contributed by atoms with Crippen LogP contribution in [-0.4, -0.2) is 16.0 Å². The van der Waals surface area contributed by atoms with Crippen molar-refractivity contribution in [1.82, 2.24) is 4.90 Å². The molecule has 0 radical (unpaired) electrons. The van der Waals surface area contributed by atoms with Crippen LogP contribution in [0.5, 0.6) is 0 Å². The number of hydrogen-bond acceptors (Lipinski definition) is 5. The second-order valence-corrected chi connectivity index (χ2v) is 7.35. The van der Waals surface area contributed by atoms with E-state index in [2.05, 4.69) is 0 Å². The SMILES string of the molecule is O=C1S/C(=C/c2cc3ccccc3oc2=O)C(=O)N1Cc1ccc(Cl)cc1. The molecule has 0 bridgehead atoms. The van der Waals surface area contributed by atoms with Crippen LogP contribution in [0.4, 0.5) is 4.79 Å². The van der Waals surface area contributed by atoms with Crippen molar-refractivity contribution in [3.05, 3.63) is 86.1 Å². The lowest BCUT2D eigenvalue weighted by Crippen LogP contribution is -2.27. The second-order valence-electron chi connectivity index (χ2n) is 5.92. The number of fused-ring (bicyclic) bond motifs is 1. The average molecular weight is 398 g/mol. The smallest absolute Gasteiger partial charge is 0.343 e. The van der Waals surface area contributed by atoms with E-state index in [4.69, 9.17) is 16.0 Å². The standard InChI is InChI=1S/C20H12ClNO4S/c21-15-7-5-12(6-8-15)11-22-18(23)17(27-20(22)25)10-14-9-13-3-1-2-4-16(13)26-19(14)24/h1-10H,11H2/b17-10+. The van der Waals surface area contributed by atoms with Gasteiger partial charge in [-0.15, -0.1) is 0 Å². The summed E-state index contributed by atoms with van der Waals surface area (Å²) in [5.74, 6) is -0.437. The van der Waals surface area contributed by atoms with Crippen LogP contribution in [0.3, 0.4) is 0 Å². The molecule has 7 heteroatoms. The molecule has 5 nitrogen and oxygen atoms in total. The Labute approximate surface area is 163 Å². The van der Waals surface area contributed by atoms with Crippen LogP contribution < -0.4 is 5.63 Å². The number of imide groups is 1. The highest BCUT2D eigenvalue weighted by Gasteiger charge is 2.35. The Hall–Kier alpha value is -2.83. The fraction of sp³-hybridized carbons (Fsp3) is 0.0500. The highest BCUT2D eigenvalue weighted by Crippen LogP contribution is 2.33. The summed E-state index contributed by atoms with van der Waals surface area (Å²) in [6.07, 6.45) is 1.41. The number of hydrogen-bond donors (Lipinski definition) is 0. The van der Waals surface area contributed by atoms with Crippen LogP contribution in [0.15, 0.2) is 68.7 Å². The highest BCUT2D eigenvalue weighted by atomic mass is 35.5. The fourth-order valence-electron chi connectivity index (χ4n) is 2.73. The minimum Gasteiger partial charge on any atom is -0.422 e. The number of halogens is 1. The molecule has 0 unspecified atom stereocenters. The number of rotatable bonds is 3. The first-order chi connectivity index (χ1) is 13.0. The van der Waals surface area contributed by atoms with Crippen LogP contribution >= 0.6 is 23.4 Å². The van der Waals surface area contributed by atoms with E-state index in [9.17, 15) is 14.4 Å². The largest absolute Gasteiger partial charge is 0.422 e. The number of amides is 2. The predicted octanol–water partition coefficient (Wildman–Crippen LogP) is 4.68. The van der Waals surface area contributed by atoms with Gasteiger partial charge in [-0.1, -0.05) is 41.9 Å². The first-order valence-electron chi connectivity index (χ1n) is 8.04. The van der Waals surface area contributed by atoms with Crippen molar-refractivity contribution in [3.63, 3.8) is 0 Å². The van der Waals surface area contributed by atoms with E-state index in [0.29, 0.717) is 10.6 Å². The van der Waals surface area contributed by atoms with Gasteiger partial charge in [-0.3, -0.25) is 14.5 Å². The summed E-state index contributed by atoms with van der Waals surface area (Å²) >= 11 is 6.66. The lowest BCUT2D eigenvalue weighted by Gasteiger charge is -2.12. The van der Waals surface area contributed by atoms with E-state index in [0.717, 1.165) is 27.6 Å². The molecule has 2 heterocycles. The maximum absolute atomic E-state index is 12.6. The maximum Gasteiger partial charge on any atom is 0.343 e. The number of carbonyl (C=O) groups excluding carboxylic acids is 2. The van der Waals surface area contributed by atoms with E-state index in [1.807, 2.05) is 12.1 Å². The zero-order chi connectivity index (χ0) is 19.0. The molecule has 134 valence electrons. The van der Waals surface area contributed by atoms with Gasteiger partial charge in [0.1, 0.15) is 5.58 Å². The van der Waals surface area contributed by atoms with Gasteiger partial charge in [0.25, 0.3) is 11.1 Å². The minimum atomic E-state index is -0.557. The Balaban J connectivity index is 1.64. The molecular formula is C20H12ClNO4S. The minimum absolute atomic E-state index is 0.144. The Morgan fingerprint density at radius 2 is 1.78 bits per heavy atom. The molecule has 1 aliphatic rings. The van der Waals surface area contributed by atoms with Gasteiger partial charge in [-0.2, -0.15) is 0 Å². The summed E-state index contributed by atoms with van der Waals surface area (Å²) in [5.41, 5.74) is 0.924. The summed E-state index contributed by atoms with van der Waals surface area (Å²) in [6, 6.07) is 15.7. The van der Waals surface area contributed by atoms with E-state index in [1.54, 1.807) is 42.5 Å². The molecule has 2 amide bonds. The zero-order valence-corrected chi connectivity index (χ0v) is 15.4. The Bertz CT molecular complexity index is 1150. The molecule has 4 rings (SSSR count). The zero-order valence-electron chi connectivity index (χ0n) is 13.8. The van der Waals surface area contributed by atoms with Gasteiger partial charge in [-0.25, -0.2) is 4.79 Å². The topological polar surface area (TPSA) is 67.6 Å². The molecule has 1 fully saturated rings. The Morgan fingerprint density at radius 1 is 1.04 bits per heavy atom. The van der Waals surface area contributed by atoms with Crippen molar-refractivity contribution in [2.24, 2.45) is 0 Å². The fourth-order valence-corrected chi connectivity index (χ4v) is 3.68. The summed E-state index contributed by atoms with van der Waals surface area (Å²) in [4.78, 5) is 38.4. The molecule has 1 aliphatic heterocycles. The molecule has 0 atom stereocenters. The van der Waals surface area contributed by atoms with Gasteiger partial charge >= 0.3 is 5.63 Å². The van der Waals surface area contributed by atoms with Crippen LogP contribution in [0.1, 0.15) is 11.1 Å². The molecule has 0 saturated carbocycles. The lowest BCUT2D eigenvalue weighted by molar-refractivity contribution is -0.123. The van der Waals surface area contributed by atoms with Crippen molar-refractivity contribution in [1.29, 1.82) is 0 Å². The molecule has 27 heavy (non-hydrogen) atoms. The molecular weight excluding hydrogens is 386 g/mol. The van der Waals surface area contributed by atoms with E-state index >= 15 is 0 Å². The lowest BCUT2D eigenvalue weighted by atomic mass is 10.1. The third-order valence-electron chi connectivity index (χ3n) is 4.08. The van der Waals surface area contributed by atoms with E-state index in [-0.39, 0.29) is 22.3 Å². The van der Waals surface area contributed by atoms with Gasteiger partial charge in [0.2, 0.25) is 0 Å². The predicted molar refractivity (Wildman–Crippen MR) is 105 cm³/mol. The van der Waals surface area contributed by atoms with Crippen LogP contribution in [0.25, 0.3) is 17.0 Å². The van der Waals surface area contributed by atoms with Crippen molar-refractivity contribution < 1.29 is 14.0 Å². The molecule has 0 spiro atoms. The van der Waals surface area contributed by atoms with Gasteiger partial charge < -0.3 is 4.42 Å². The van der Waals surface area contributed by atoms with E-state index in [1.165, 1.54) is 6.08 Å². The van der Waals surface area contributed by atoms with Crippen molar-refractivity contribution in [3.8, 4) is 0 Å². The van der Waals surface area contributed by atoms with Crippen LogP contribution in [-0.2, 0) is 11.3 Å². The molecule has 2 aromatic carbocycles. The van der Waals surface area contributed by atoms with Crippen LogP contribution in [0, 0.1) is 0 Å². The molecule has 3 aromatic rings. The quantitative estimate of drug-likeness (QED) is 0.474. The van der Waals surface area contributed by atoms with Gasteiger partial charge in [-0.05, 0) is 47.7 Å². The summed E-state index contributed by atoms with van der Waals surface area (Å²) in [6.45, 7) is 0.144. The van der Waals surface area contributed by atoms with Crippen molar-refractivity contribution >= 4 is 51.6 Å². The van der Waals surface area contributed by atoms with Gasteiger partial charge in [0, 0.05) is 10.4 Å². The third-order valence-corrected chi connectivity index (χ3v) is 5.24. The molecule has 1 aromatic heterocycles. The number of carbonyl (C=O) groups is 2. The van der Waals surface area contributed by atoms with Crippen molar-refractivity contribution in [2.75, 3.05) is 0 Å². The number of nitrogens with zero attached hydrogens (tertiary/aromatic N) is 1. The summed E-state index contributed by atoms with van der Waals surface area (Å²) < 4.78 is 5.27. The number of benzene rings is 2. The maximum atomic E-state index is 12.6. The Kier molecular flexibility index (Phi) is 4.59. The number of para-hydroxylation sites is 1. The molecule has 0 N–H and O–H groups in total.